The summed E-state index contributed by atoms with van der Waals surface area (Å²) in [6.07, 6.45) is 1.34. The first-order chi connectivity index (χ1) is 15.5. The number of para-hydroxylation sites is 1. The van der Waals surface area contributed by atoms with E-state index in [2.05, 4.69) is 20.9 Å². The molecule has 0 saturated heterocycles. The van der Waals surface area contributed by atoms with Crippen molar-refractivity contribution in [3.05, 3.63) is 80.2 Å². The van der Waals surface area contributed by atoms with E-state index in [0.717, 1.165) is 0 Å². The van der Waals surface area contributed by atoms with Gasteiger partial charge in [0.2, 0.25) is 5.82 Å². The fraction of sp³-hybridized carbons (Fsp3) is 0.150. The third-order valence-corrected chi connectivity index (χ3v) is 4.08. The number of nitrogens with one attached hydrogen (secondary N) is 4. The third-order valence-electron chi connectivity index (χ3n) is 4.08. The number of hydrogen-bond acceptors (Lipinski definition) is 8. The van der Waals surface area contributed by atoms with Gasteiger partial charge in [-0.3, -0.25) is 14.6 Å². The van der Waals surface area contributed by atoms with Gasteiger partial charge in [-0.1, -0.05) is 24.3 Å². The highest BCUT2D eigenvalue weighted by atomic mass is 19.1. The van der Waals surface area contributed by atoms with E-state index in [1.165, 1.54) is 19.4 Å². The topological polar surface area (TPSA) is 151 Å². The summed E-state index contributed by atoms with van der Waals surface area (Å²) >= 11 is 0. The Labute approximate surface area is 180 Å². The number of anilines is 1. The van der Waals surface area contributed by atoms with Crippen LogP contribution in [0.3, 0.4) is 0 Å². The third kappa shape index (κ3) is 5.78. The second kappa shape index (κ2) is 10.5. The van der Waals surface area contributed by atoms with Gasteiger partial charge in [-0.15, -0.1) is 5.10 Å². The summed E-state index contributed by atoms with van der Waals surface area (Å²) in [4.78, 5) is 36.4. The minimum atomic E-state index is -0.766. The van der Waals surface area contributed by atoms with Crippen LogP contribution in [0.2, 0.25) is 0 Å². The van der Waals surface area contributed by atoms with Gasteiger partial charge < -0.3 is 14.8 Å². The molecule has 1 heterocycles. The van der Waals surface area contributed by atoms with Crippen LogP contribution in [0.5, 0.6) is 11.5 Å². The first-order valence-corrected chi connectivity index (χ1v) is 9.26. The van der Waals surface area contributed by atoms with Crippen molar-refractivity contribution in [2.45, 2.75) is 6.61 Å². The van der Waals surface area contributed by atoms with Gasteiger partial charge in [-0.2, -0.15) is 5.10 Å². The molecule has 0 radical (unpaired) electrons. The van der Waals surface area contributed by atoms with Crippen molar-refractivity contribution in [2.24, 2.45) is 5.10 Å². The number of hydrazone groups is 1. The van der Waals surface area contributed by atoms with Gasteiger partial charge in [-0.05, 0) is 18.2 Å². The smallest absolute Gasteiger partial charge is 0.342 e. The molecule has 0 spiro atoms. The molecule has 166 valence electrons. The minimum Gasteiger partial charge on any atom is -0.493 e. The molecule has 4 N–H and O–H groups in total. The lowest BCUT2D eigenvalue weighted by Crippen LogP contribution is -2.31. The number of carbonyl (C=O) groups excluding carboxylic acids is 1. The van der Waals surface area contributed by atoms with Gasteiger partial charge in [0.05, 0.1) is 19.9 Å². The molecule has 0 unspecified atom stereocenters. The molecule has 0 saturated carbocycles. The van der Waals surface area contributed by atoms with Gasteiger partial charge in [0, 0.05) is 11.1 Å². The van der Waals surface area contributed by atoms with Crippen molar-refractivity contribution < 1.29 is 18.7 Å². The summed E-state index contributed by atoms with van der Waals surface area (Å²) in [6.45, 7) is -0.362. The maximum atomic E-state index is 13.9. The van der Waals surface area contributed by atoms with E-state index < -0.39 is 23.0 Å². The van der Waals surface area contributed by atoms with Crippen LogP contribution < -0.4 is 31.5 Å². The summed E-state index contributed by atoms with van der Waals surface area (Å²) in [5.41, 5.74) is 1.60. The molecule has 0 aliphatic rings. The highest BCUT2D eigenvalue weighted by Crippen LogP contribution is 2.31. The normalized spacial score (nSPS) is 10.7. The number of H-pyrrole nitrogens is 2. The molecule has 2 aromatic carbocycles. The van der Waals surface area contributed by atoms with Crippen LogP contribution in [0, 0.1) is 5.82 Å². The lowest BCUT2D eigenvalue weighted by atomic mass is 10.2. The Morgan fingerprint density at radius 1 is 1.22 bits per heavy atom. The fourth-order valence-electron chi connectivity index (χ4n) is 2.56. The van der Waals surface area contributed by atoms with E-state index in [4.69, 9.17) is 9.47 Å². The molecular formula is C20H19FN6O5. The average Bonchev–Trinajstić information content (AvgIpc) is 2.78. The lowest BCUT2D eigenvalue weighted by molar-refractivity contribution is -0.119. The molecule has 12 heteroatoms. The highest BCUT2D eigenvalue weighted by molar-refractivity contribution is 5.87. The lowest BCUT2D eigenvalue weighted by Gasteiger charge is -2.13. The van der Waals surface area contributed by atoms with Crippen LogP contribution in [0.4, 0.5) is 10.2 Å². The minimum absolute atomic E-state index is 0.0368. The molecular weight excluding hydrogens is 423 g/mol. The summed E-state index contributed by atoms with van der Waals surface area (Å²) < 4.78 is 24.9. The van der Waals surface area contributed by atoms with Gasteiger partial charge in [0.15, 0.2) is 11.5 Å². The zero-order valence-corrected chi connectivity index (χ0v) is 16.8. The van der Waals surface area contributed by atoms with E-state index in [9.17, 15) is 18.8 Å². The number of aromatic nitrogens is 3. The maximum absolute atomic E-state index is 13.9. The van der Waals surface area contributed by atoms with Gasteiger partial charge in [0.25, 0.3) is 11.5 Å². The number of halogens is 1. The second-order valence-electron chi connectivity index (χ2n) is 6.26. The predicted octanol–water partition coefficient (Wildman–Crippen LogP) is 0.747. The van der Waals surface area contributed by atoms with Crippen molar-refractivity contribution in [1.29, 1.82) is 0 Å². The molecule has 0 bridgehead atoms. The number of nitrogens with zero attached hydrogens (tertiary/aromatic N) is 2. The number of amides is 1. The molecule has 0 fully saturated rings. The first kappa shape index (κ1) is 22.2. The number of benzene rings is 2. The standard InChI is InChI=1S/C20H19FN6O5/c1-31-15-8-4-6-12(17(15)32-11-13-5-2-3-7-14(13)21)9-23-25-16(28)10-22-18-19(29)24-20(30)27-26-18/h2-9H,10-11H2,1H3,(H,22,26)(H,25,28)(H2,24,27,29,30)/b23-9+. The SMILES string of the molecule is COc1cccc(/C=N/NC(=O)CNc2n[nH]c(=O)[nH]c2=O)c1OCc1ccccc1F. The van der Waals surface area contributed by atoms with Crippen LogP contribution >= 0.6 is 0 Å². The molecule has 1 amide bonds. The molecule has 3 rings (SSSR count). The number of ether oxygens (including phenoxy) is 2. The van der Waals surface area contributed by atoms with Crippen molar-refractivity contribution in [1.82, 2.24) is 20.6 Å². The number of carbonyl (C=O) groups is 1. The van der Waals surface area contributed by atoms with Crippen LogP contribution in [-0.2, 0) is 11.4 Å². The Bertz CT molecular complexity index is 1240. The predicted molar refractivity (Wildman–Crippen MR) is 113 cm³/mol. The number of rotatable bonds is 9. The summed E-state index contributed by atoms with van der Waals surface area (Å²) in [5, 5.41) is 11.9. The number of aromatic amines is 2. The van der Waals surface area contributed by atoms with E-state index in [0.29, 0.717) is 22.6 Å². The monoisotopic (exact) mass is 442 g/mol. The summed E-state index contributed by atoms with van der Waals surface area (Å²) in [5.74, 6) is -0.473. The zero-order chi connectivity index (χ0) is 22.9. The Hall–Kier alpha value is -4.48. The molecule has 32 heavy (non-hydrogen) atoms. The van der Waals surface area contributed by atoms with Crippen molar-refractivity contribution in [3.63, 3.8) is 0 Å². The Morgan fingerprint density at radius 3 is 2.78 bits per heavy atom. The molecule has 0 aliphatic heterocycles. The fourth-order valence-corrected chi connectivity index (χ4v) is 2.56. The van der Waals surface area contributed by atoms with Gasteiger partial charge >= 0.3 is 5.69 Å². The Kier molecular flexibility index (Phi) is 7.30. The average molecular weight is 442 g/mol. The van der Waals surface area contributed by atoms with E-state index in [1.54, 1.807) is 36.4 Å². The van der Waals surface area contributed by atoms with E-state index in [1.807, 2.05) is 10.1 Å². The summed E-state index contributed by atoms with van der Waals surface area (Å²) in [7, 11) is 1.46. The molecule has 11 nitrogen and oxygen atoms in total. The maximum Gasteiger partial charge on any atom is 0.342 e. The van der Waals surface area contributed by atoms with E-state index >= 15 is 0 Å². The van der Waals surface area contributed by atoms with Gasteiger partial charge in [0.1, 0.15) is 12.4 Å². The number of hydrogen-bond donors (Lipinski definition) is 4. The number of methoxy groups -OCH3 is 1. The van der Waals surface area contributed by atoms with Crippen molar-refractivity contribution >= 4 is 17.9 Å². The second-order valence-corrected chi connectivity index (χ2v) is 6.26. The quantitative estimate of drug-likeness (QED) is 0.282. The largest absolute Gasteiger partial charge is 0.493 e. The van der Waals surface area contributed by atoms with Crippen molar-refractivity contribution in [2.75, 3.05) is 19.0 Å². The van der Waals surface area contributed by atoms with Crippen LogP contribution in [0.1, 0.15) is 11.1 Å². The van der Waals surface area contributed by atoms with Crippen LogP contribution in [0.15, 0.2) is 57.2 Å². The van der Waals surface area contributed by atoms with Gasteiger partial charge in [-0.25, -0.2) is 19.7 Å². The molecule has 3 aromatic rings. The molecule has 0 atom stereocenters. The molecule has 1 aromatic heterocycles. The van der Waals surface area contributed by atoms with Crippen molar-refractivity contribution in [3.8, 4) is 11.5 Å². The summed E-state index contributed by atoms with van der Waals surface area (Å²) in [6, 6.07) is 11.3. The highest BCUT2D eigenvalue weighted by Gasteiger charge is 2.11. The van der Waals surface area contributed by atoms with E-state index in [-0.39, 0.29) is 19.0 Å². The molecule has 0 aliphatic carbocycles. The van der Waals surface area contributed by atoms with Crippen LogP contribution in [0.25, 0.3) is 0 Å². The zero-order valence-electron chi connectivity index (χ0n) is 16.8. The Balaban J connectivity index is 1.64. The van der Waals surface area contributed by atoms with Crippen LogP contribution in [-0.4, -0.2) is 41.0 Å². The Morgan fingerprint density at radius 2 is 2.03 bits per heavy atom. The first-order valence-electron chi connectivity index (χ1n) is 9.26.